The number of hydrogen-bond donors (Lipinski definition) is 1. The summed E-state index contributed by atoms with van der Waals surface area (Å²) in [7, 11) is 0. The molecule has 2 aromatic rings. The lowest BCUT2D eigenvalue weighted by molar-refractivity contribution is -0.137. The molecule has 0 spiro atoms. The molecule has 0 atom stereocenters. The van der Waals surface area contributed by atoms with Crippen molar-refractivity contribution in [3.05, 3.63) is 65.2 Å². The highest BCUT2D eigenvalue weighted by Gasteiger charge is 2.29. The number of carbonyl (C=O) groups excluding carboxylic acids is 1. The summed E-state index contributed by atoms with van der Waals surface area (Å²) >= 11 is 0. The van der Waals surface area contributed by atoms with Crippen LogP contribution in [0, 0.1) is 5.92 Å². The minimum absolute atomic E-state index is 0.0544. The van der Waals surface area contributed by atoms with E-state index in [4.69, 9.17) is 14.3 Å². The van der Waals surface area contributed by atoms with Crippen LogP contribution in [0.25, 0.3) is 0 Å². The fraction of sp³-hybridized carbons (Fsp3) is 0.391. The second kappa shape index (κ2) is 11.5. The van der Waals surface area contributed by atoms with Gasteiger partial charge in [0.25, 0.3) is 5.91 Å². The Labute approximate surface area is 184 Å². The van der Waals surface area contributed by atoms with E-state index in [2.05, 4.69) is 10.5 Å². The van der Waals surface area contributed by atoms with Crippen LogP contribution in [-0.2, 0) is 27.2 Å². The Morgan fingerprint density at radius 3 is 2.44 bits per heavy atom. The molecule has 32 heavy (non-hydrogen) atoms. The summed E-state index contributed by atoms with van der Waals surface area (Å²) < 4.78 is 48.4. The molecule has 1 heterocycles. The summed E-state index contributed by atoms with van der Waals surface area (Å²) in [5, 5.41) is 6.70. The first-order valence-corrected chi connectivity index (χ1v) is 10.3. The predicted octanol–water partition coefficient (Wildman–Crippen LogP) is 4.18. The maximum atomic E-state index is 12.5. The van der Waals surface area contributed by atoms with Crippen molar-refractivity contribution in [1.82, 2.24) is 5.32 Å². The van der Waals surface area contributed by atoms with Crippen LogP contribution in [0.2, 0.25) is 0 Å². The van der Waals surface area contributed by atoms with E-state index in [9.17, 15) is 18.0 Å². The van der Waals surface area contributed by atoms with Gasteiger partial charge in [-0.25, -0.2) is 0 Å². The van der Waals surface area contributed by atoms with Crippen LogP contribution in [0.3, 0.4) is 0 Å². The Morgan fingerprint density at radius 1 is 1.09 bits per heavy atom. The summed E-state index contributed by atoms with van der Waals surface area (Å²) in [4.78, 5) is 17.1. The fourth-order valence-corrected chi connectivity index (χ4v) is 3.06. The number of nitrogens with zero attached hydrogens (tertiary/aromatic N) is 1. The third-order valence-electron chi connectivity index (χ3n) is 4.97. The summed E-state index contributed by atoms with van der Waals surface area (Å²) in [6.45, 7) is 2.11. The molecule has 1 N–H and O–H groups in total. The number of nitrogens with one attached hydrogen (secondary N) is 1. The molecule has 0 radical (unpaired) electrons. The molecule has 1 aliphatic heterocycles. The standard InChI is InChI=1S/C23H25F3N2O4/c24-23(25,26)20-5-1-19(2-6-20)15-32-28-14-17-3-7-21(8-4-17)31-16-22(29)27-13-18-9-11-30-12-10-18/h1-8,14,18H,9-13,15-16H2,(H,27,29). The Balaban J connectivity index is 1.35. The molecule has 0 bridgehead atoms. The molecule has 2 aromatic carbocycles. The predicted molar refractivity (Wildman–Crippen MR) is 112 cm³/mol. The lowest BCUT2D eigenvalue weighted by atomic mass is 10.0. The van der Waals surface area contributed by atoms with Crippen molar-refractivity contribution in [2.75, 3.05) is 26.4 Å². The molecule has 9 heteroatoms. The number of halogens is 3. The van der Waals surface area contributed by atoms with Crippen molar-refractivity contribution < 1.29 is 32.3 Å². The number of oxime groups is 1. The second-order valence-corrected chi connectivity index (χ2v) is 7.42. The second-order valence-electron chi connectivity index (χ2n) is 7.42. The van der Waals surface area contributed by atoms with Crippen molar-refractivity contribution >= 4 is 12.1 Å². The fourth-order valence-electron chi connectivity index (χ4n) is 3.06. The van der Waals surface area contributed by atoms with Crippen molar-refractivity contribution in [3.8, 4) is 5.75 Å². The molecule has 0 saturated carbocycles. The van der Waals surface area contributed by atoms with Crippen LogP contribution in [0.4, 0.5) is 13.2 Å². The van der Waals surface area contributed by atoms with E-state index in [-0.39, 0.29) is 19.1 Å². The molecule has 1 aliphatic rings. The smallest absolute Gasteiger partial charge is 0.416 e. The molecule has 3 rings (SSSR count). The first-order chi connectivity index (χ1) is 15.4. The molecule has 6 nitrogen and oxygen atoms in total. The highest BCUT2D eigenvalue weighted by molar-refractivity contribution is 5.79. The zero-order chi connectivity index (χ0) is 22.8. The van der Waals surface area contributed by atoms with Gasteiger partial charge in [0.05, 0.1) is 11.8 Å². The summed E-state index contributed by atoms with van der Waals surface area (Å²) in [6, 6.07) is 11.6. The van der Waals surface area contributed by atoms with E-state index in [1.807, 2.05) is 0 Å². The SMILES string of the molecule is O=C(COc1ccc(C=NOCc2ccc(C(F)(F)F)cc2)cc1)NCC1CCOCC1. The highest BCUT2D eigenvalue weighted by Crippen LogP contribution is 2.29. The Kier molecular flexibility index (Phi) is 8.49. The van der Waals surface area contributed by atoms with Gasteiger partial charge in [-0.15, -0.1) is 0 Å². The molecule has 1 amide bonds. The van der Waals surface area contributed by atoms with E-state index < -0.39 is 11.7 Å². The molecular weight excluding hydrogens is 425 g/mol. The van der Waals surface area contributed by atoms with Gasteiger partial charge in [-0.05, 0) is 66.3 Å². The van der Waals surface area contributed by atoms with E-state index >= 15 is 0 Å². The van der Waals surface area contributed by atoms with E-state index in [1.165, 1.54) is 18.3 Å². The van der Waals surface area contributed by atoms with Gasteiger partial charge in [-0.2, -0.15) is 13.2 Å². The van der Waals surface area contributed by atoms with Crippen molar-refractivity contribution in [3.63, 3.8) is 0 Å². The largest absolute Gasteiger partial charge is 0.484 e. The average molecular weight is 450 g/mol. The van der Waals surface area contributed by atoms with Gasteiger partial charge >= 0.3 is 6.18 Å². The Hall–Kier alpha value is -3.07. The first kappa shape index (κ1) is 23.6. The maximum absolute atomic E-state index is 12.5. The van der Waals surface area contributed by atoms with Crippen molar-refractivity contribution in [1.29, 1.82) is 0 Å². The molecule has 0 unspecified atom stereocenters. The molecule has 0 aromatic heterocycles. The minimum Gasteiger partial charge on any atom is -0.484 e. The summed E-state index contributed by atoms with van der Waals surface area (Å²) in [6.07, 6.45) is -0.965. The maximum Gasteiger partial charge on any atom is 0.416 e. The zero-order valence-corrected chi connectivity index (χ0v) is 17.4. The normalized spacial score (nSPS) is 15.0. The van der Waals surface area contributed by atoms with Crippen LogP contribution in [0.5, 0.6) is 5.75 Å². The minimum atomic E-state index is -4.36. The molecule has 1 saturated heterocycles. The number of benzene rings is 2. The van der Waals surface area contributed by atoms with Crippen LogP contribution >= 0.6 is 0 Å². The average Bonchev–Trinajstić information content (AvgIpc) is 2.80. The van der Waals surface area contributed by atoms with Crippen molar-refractivity contribution in [2.24, 2.45) is 11.1 Å². The van der Waals surface area contributed by atoms with E-state index in [1.54, 1.807) is 24.3 Å². The number of alkyl halides is 3. The monoisotopic (exact) mass is 450 g/mol. The lowest BCUT2D eigenvalue weighted by Crippen LogP contribution is -2.35. The van der Waals surface area contributed by atoms with Gasteiger partial charge in [-0.1, -0.05) is 17.3 Å². The molecule has 0 aliphatic carbocycles. The number of ether oxygens (including phenoxy) is 2. The topological polar surface area (TPSA) is 69.2 Å². The van der Waals surface area contributed by atoms with E-state index in [0.29, 0.717) is 23.8 Å². The van der Waals surface area contributed by atoms with Crippen LogP contribution in [0.15, 0.2) is 53.7 Å². The van der Waals surface area contributed by atoms with Gasteiger partial charge < -0.3 is 19.6 Å². The third-order valence-corrected chi connectivity index (χ3v) is 4.97. The van der Waals surface area contributed by atoms with Gasteiger partial charge in [0.1, 0.15) is 12.4 Å². The highest BCUT2D eigenvalue weighted by atomic mass is 19.4. The third kappa shape index (κ3) is 7.88. The quantitative estimate of drug-likeness (QED) is 0.460. The molecular formula is C23H25F3N2O4. The van der Waals surface area contributed by atoms with Crippen molar-refractivity contribution in [2.45, 2.75) is 25.6 Å². The Bertz CT molecular complexity index is 878. The summed E-state index contributed by atoms with van der Waals surface area (Å²) in [5.41, 5.74) is 0.617. The number of carbonyl (C=O) groups is 1. The Morgan fingerprint density at radius 2 is 1.78 bits per heavy atom. The van der Waals surface area contributed by atoms with Gasteiger partial charge in [0.15, 0.2) is 6.61 Å². The molecule has 1 fully saturated rings. The zero-order valence-electron chi connectivity index (χ0n) is 17.4. The lowest BCUT2D eigenvalue weighted by Gasteiger charge is -2.22. The van der Waals surface area contributed by atoms with E-state index in [0.717, 1.165) is 43.8 Å². The van der Waals surface area contributed by atoms with Gasteiger partial charge in [0.2, 0.25) is 0 Å². The van der Waals surface area contributed by atoms with Crippen LogP contribution in [-0.4, -0.2) is 38.5 Å². The number of rotatable bonds is 9. The summed E-state index contributed by atoms with van der Waals surface area (Å²) in [5.74, 6) is 0.834. The van der Waals surface area contributed by atoms with Gasteiger partial charge in [0, 0.05) is 19.8 Å². The molecule has 172 valence electrons. The van der Waals surface area contributed by atoms with Crippen LogP contribution in [0.1, 0.15) is 29.5 Å². The van der Waals surface area contributed by atoms with Gasteiger partial charge in [-0.3, -0.25) is 4.79 Å². The number of amides is 1. The first-order valence-electron chi connectivity index (χ1n) is 10.3. The number of hydrogen-bond acceptors (Lipinski definition) is 5. The van der Waals surface area contributed by atoms with Crippen LogP contribution < -0.4 is 10.1 Å².